The molecule has 1 unspecified atom stereocenters. The average Bonchev–Trinajstić information content (AvgIpc) is 2.65. The van der Waals surface area contributed by atoms with E-state index in [1.165, 1.54) is 0 Å². The van der Waals surface area contributed by atoms with Gasteiger partial charge in [0.2, 0.25) is 0 Å². The molecule has 2 aliphatic rings. The molecule has 1 fully saturated rings. The molecular formula is C19H27NO4. The predicted molar refractivity (Wildman–Crippen MR) is 91.6 cm³/mol. The number of carbonyl (C=O) groups excluding carboxylic acids is 1. The van der Waals surface area contributed by atoms with Gasteiger partial charge in [0.1, 0.15) is 5.78 Å². The fourth-order valence-corrected chi connectivity index (χ4v) is 3.67. The SMILES string of the molecule is [2H]C([2H])([2H])C(C)(O)C([2H])([2H])[C@H]1CN2CCc3cc(OC)c(OC)cc3[C@@H]2CC1=O. The van der Waals surface area contributed by atoms with Crippen LogP contribution >= 0.6 is 0 Å². The highest BCUT2D eigenvalue weighted by Gasteiger charge is 2.40. The molecule has 1 N–H and O–H groups in total. The maximum Gasteiger partial charge on any atom is 0.161 e. The quantitative estimate of drug-likeness (QED) is 0.913. The van der Waals surface area contributed by atoms with Gasteiger partial charge < -0.3 is 14.6 Å². The second kappa shape index (κ2) is 6.37. The molecule has 5 nitrogen and oxygen atoms in total. The summed E-state index contributed by atoms with van der Waals surface area (Å²) in [7, 11) is 3.10. The smallest absolute Gasteiger partial charge is 0.161 e. The summed E-state index contributed by atoms with van der Waals surface area (Å²) in [5.74, 6) is -0.438. The van der Waals surface area contributed by atoms with Crippen LogP contribution in [0.1, 0.15) is 50.6 Å². The van der Waals surface area contributed by atoms with Crippen molar-refractivity contribution < 1.29 is 26.2 Å². The average molecular weight is 338 g/mol. The lowest BCUT2D eigenvalue weighted by Crippen LogP contribution is -2.47. The van der Waals surface area contributed by atoms with Crippen LogP contribution in [0, 0.1) is 5.92 Å². The molecule has 0 radical (unpaired) electrons. The summed E-state index contributed by atoms with van der Waals surface area (Å²) in [5, 5.41) is 10.5. The van der Waals surface area contributed by atoms with Crippen molar-refractivity contribution in [1.82, 2.24) is 4.90 Å². The highest BCUT2D eigenvalue weighted by molar-refractivity contribution is 5.83. The van der Waals surface area contributed by atoms with Crippen LogP contribution in [-0.4, -0.2) is 48.7 Å². The number of hydrogen-bond acceptors (Lipinski definition) is 5. The Balaban J connectivity index is 1.93. The van der Waals surface area contributed by atoms with Crippen LogP contribution in [0.5, 0.6) is 11.5 Å². The van der Waals surface area contributed by atoms with Gasteiger partial charge in [-0.2, -0.15) is 0 Å². The lowest BCUT2D eigenvalue weighted by atomic mass is 9.79. The van der Waals surface area contributed by atoms with Gasteiger partial charge >= 0.3 is 0 Å². The van der Waals surface area contributed by atoms with Crippen LogP contribution in [0.25, 0.3) is 0 Å². The Hall–Kier alpha value is -1.59. The number of hydrogen-bond donors (Lipinski definition) is 1. The van der Waals surface area contributed by atoms with E-state index in [-0.39, 0.29) is 24.8 Å². The summed E-state index contributed by atoms with van der Waals surface area (Å²) in [6, 6.07) is 3.52. The van der Waals surface area contributed by atoms with Crippen LogP contribution in [0.15, 0.2) is 12.1 Å². The molecule has 132 valence electrons. The van der Waals surface area contributed by atoms with E-state index < -0.39 is 24.7 Å². The Labute approximate surface area is 150 Å². The fourth-order valence-electron chi connectivity index (χ4n) is 3.67. The molecule has 0 aromatic heterocycles. The van der Waals surface area contributed by atoms with E-state index in [1.807, 2.05) is 17.0 Å². The van der Waals surface area contributed by atoms with Crippen molar-refractivity contribution in [1.29, 1.82) is 0 Å². The summed E-state index contributed by atoms with van der Waals surface area (Å²) < 4.78 is 50.0. The number of methoxy groups -OCH3 is 2. The predicted octanol–water partition coefficient (Wildman–Crippen LogP) is 2.35. The van der Waals surface area contributed by atoms with Gasteiger partial charge in [0, 0.05) is 38.3 Å². The van der Waals surface area contributed by atoms with Crippen molar-refractivity contribution in [2.75, 3.05) is 27.3 Å². The van der Waals surface area contributed by atoms with Crippen LogP contribution in [0.4, 0.5) is 0 Å². The molecular weight excluding hydrogens is 306 g/mol. The molecule has 1 aromatic carbocycles. The maximum atomic E-state index is 12.9. The molecule has 3 atom stereocenters. The molecule has 0 spiro atoms. The molecule has 1 saturated heterocycles. The molecule has 2 heterocycles. The van der Waals surface area contributed by atoms with E-state index in [9.17, 15) is 9.90 Å². The Morgan fingerprint density at radius 2 is 2.12 bits per heavy atom. The minimum Gasteiger partial charge on any atom is -0.493 e. The van der Waals surface area contributed by atoms with Gasteiger partial charge in [-0.15, -0.1) is 0 Å². The number of carbonyl (C=O) groups is 1. The van der Waals surface area contributed by atoms with Gasteiger partial charge in [-0.3, -0.25) is 9.69 Å². The topological polar surface area (TPSA) is 59.0 Å². The van der Waals surface area contributed by atoms with Crippen LogP contribution in [0.3, 0.4) is 0 Å². The minimum atomic E-state index is -2.95. The largest absolute Gasteiger partial charge is 0.493 e. The number of fused-ring (bicyclic) bond motifs is 3. The number of nitrogens with zero attached hydrogens (tertiary/aromatic N) is 1. The van der Waals surface area contributed by atoms with E-state index in [2.05, 4.69) is 0 Å². The molecule has 0 amide bonds. The Morgan fingerprint density at radius 3 is 2.79 bits per heavy atom. The van der Waals surface area contributed by atoms with Gasteiger partial charge in [0.25, 0.3) is 0 Å². The zero-order valence-corrected chi connectivity index (χ0v) is 14.3. The Morgan fingerprint density at radius 1 is 1.42 bits per heavy atom. The van der Waals surface area contributed by atoms with Crippen LogP contribution in [0.2, 0.25) is 0 Å². The second-order valence-corrected chi connectivity index (χ2v) is 6.61. The van der Waals surface area contributed by atoms with Crippen molar-refractivity contribution in [2.24, 2.45) is 5.92 Å². The number of aliphatic hydroxyl groups is 1. The first-order valence-corrected chi connectivity index (χ1v) is 8.09. The van der Waals surface area contributed by atoms with Gasteiger partial charge in [0.15, 0.2) is 11.5 Å². The monoisotopic (exact) mass is 338 g/mol. The minimum absolute atomic E-state index is 0.0454. The zero-order chi connectivity index (χ0) is 21.8. The van der Waals surface area contributed by atoms with Crippen molar-refractivity contribution in [3.63, 3.8) is 0 Å². The molecule has 5 heteroatoms. The fraction of sp³-hybridized carbons (Fsp3) is 0.632. The third-order valence-corrected chi connectivity index (χ3v) is 4.77. The van der Waals surface area contributed by atoms with Crippen molar-refractivity contribution >= 4 is 5.78 Å². The van der Waals surface area contributed by atoms with E-state index in [0.717, 1.165) is 18.1 Å². The first-order chi connectivity index (χ1) is 13.3. The highest BCUT2D eigenvalue weighted by atomic mass is 16.5. The Bertz CT molecular complexity index is 809. The summed E-state index contributed by atoms with van der Waals surface area (Å²) in [5.41, 5.74) is -0.659. The van der Waals surface area contributed by atoms with Gasteiger partial charge in [0.05, 0.1) is 19.8 Å². The van der Waals surface area contributed by atoms with Crippen molar-refractivity contribution in [3.05, 3.63) is 23.3 Å². The molecule has 0 aliphatic carbocycles. The summed E-state index contributed by atoms with van der Waals surface area (Å²) >= 11 is 0. The summed E-state index contributed by atoms with van der Waals surface area (Å²) in [6.45, 7) is -1.35. The molecule has 24 heavy (non-hydrogen) atoms. The maximum absolute atomic E-state index is 12.9. The Kier molecular flexibility index (Phi) is 3.15. The van der Waals surface area contributed by atoms with E-state index >= 15 is 0 Å². The van der Waals surface area contributed by atoms with Crippen molar-refractivity contribution in [2.45, 2.75) is 44.6 Å². The summed E-state index contributed by atoms with van der Waals surface area (Å²) in [6.07, 6.45) is -1.87. The van der Waals surface area contributed by atoms with Gasteiger partial charge in [-0.1, -0.05) is 0 Å². The van der Waals surface area contributed by atoms with Crippen molar-refractivity contribution in [3.8, 4) is 11.5 Å². The van der Waals surface area contributed by atoms with Gasteiger partial charge in [-0.25, -0.2) is 0 Å². The molecule has 1 aromatic rings. The highest BCUT2D eigenvalue weighted by Crippen LogP contribution is 2.42. The van der Waals surface area contributed by atoms with E-state index in [1.54, 1.807) is 14.2 Å². The first kappa shape index (κ1) is 11.9. The number of ether oxygens (including phenoxy) is 2. The second-order valence-electron chi connectivity index (χ2n) is 6.61. The zero-order valence-electron chi connectivity index (χ0n) is 19.3. The number of benzene rings is 1. The number of rotatable bonds is 4. The third-order valence-electron chi connectivity index (χ3n) is 4.77. The lowest BCUT2D eigenvalue weighted by molar-refractivity contribution is -0.131. The molecule has 0 bridgehead atoms. The number of Topliss-reactive ketones (excluding diaryl/α,β-unsaturated/α-hetero) is 1. The third kappa shape index (κ3) is 3.28. The number of piperidine rings is 1. The molecule has 2 aliphatic heterocycles. The van der Waals surface area contributed by atoms with E-state index in [4.69, 9.17) is 16.3 Å². The van der Waals surface area contributed by atoms with E-state index in [0.29, 0.717) is 24.5 Å². The normalized spacial score (nSPS) is 30.5. The van der Waals surface area contributed by atoms with Gasteiger partial charge in [-0.05, 0) is 49.8 Å². The standard InChI is InChI=1S/C19H27NO4/c1-19(2,22)10-13-11-20-6-5-12-7-17(23-3)18(24-4)8-14(12)15(20)9-16(13)21/h7-8,13,15,22H,5-6,9-11H2,1-4H3/t13-,15-/m0/s1/i1D3,10D2/t13-,15-,19?. The molecule has 3 rings (SSSR count). The van der Waals surface area contributed by atoms with Crippen LogP contribution in [-0.2, 0) is 11.2 Å². The molecule has 0 saturated carbocycles. The van der Waals surface area contributed by atoms with Crippen LogP contribution < -0.4 is 9.47 Å². The first-order valence-electron chi connectivity index (χ1n) is 10.6. The lowest BCUT2D eigenvalue weighted by Gasteiger charge is -2.44. The summed E-state index contributed by atoms with van der Waals surface area (Å²) in [4.78, 5) is 14.9. The number of ketones is 1.